The number of para-hydroxylation sites is 4. The van der Waals surface area contributed by atoms with Crippen LogP contribution >= 0.6 is 0 Å². The molecule has 0 aliphatic heterocycles. The second kappa shape index (κ2) is 13.4. The minimum atomic E-state index is 0.804. The Bertz CT molecular complexity index is 3690. The summed E-state index contributed by atoms with van der Waals surface area (Å²) in [6, 6.07) is 60.3. The number of hydrogen-bond donors (Lipinski definition) is 0. The summed E-state index contributed by atoms with van der Waals surface area (Å²) in [5.41, 5.74) is 15.8. The van der Waals surface area contributed by atoms with Crippen LogP contribution in [0.3, 0.4) is 0 Å². The number of benzene rings is 9. The average molecular weight is 789 g/mol. The zero-order valence-corrected chi connectivity index (χ0v) is 34.3. The number of fused-ring (bicyclic) bond motifs is 11. The highest BCUT2D eigenvalue weighted by Crippen LogP contribution is 2.49. The first-order chi connectivity index (χ1) is 29.9. The Kier molecular flexibility index (Phi) is 7.72. The fourth-order valence-electron chi connectivity index (χ4n) is 9.75. The van der Waals surface area contributed by atoms with E-state index in [0.29, 0.717) is 0 Å². The van der Waals surface area contributed by atoms with Gasteiger partial charge in [0, 0.05) is 61.2 Å². The molecule has 0 aliphatic carbocycles. The van der Waals surface area contributed by atoms with Gasteiger partial charge < -0.3 is 23.1 Å². The third kappa shape index (κ3) is 5.54. The highest BCUT2D eigenvalue weighted by atomic mass is 16.3. The van der Waals surface area contributed by atoms with E-state index in [1.54, 1.807) is 0 Å². The lowest BCUT2D eigenvalue weighted by molar-refractivity contribution is 0.667. The van der Waals surface area contributed by atoms with Gasteiger partial charge in [-0.25, -0.2) is 0 Å². The topological polar surface area (TPSA) is 45.9 Å². The van der Waals surface area contributed by atoms with Crippen LogP contribution in [0.25, 0.3) is 76.6 Å². The molecule has 0 amide bonds. The van der Waals surface area contributed by atoms with E-state index >= 15 is 0 Å². The maximum absolute atomic E-state index is 7.05. The highest BCUT2D eigenvalue weighted by molar-refractivity contribution is 6.23. The van der Waals surface area contributed by atoms with Crippen LogP contribution in [0.2, 0.25) is 0 Å². The van der Waals surface area contributed by atoms with E-state index in [9.17, 15) is 0 Å². The minimum Gasteiger partial charge on any atom is -0.456 e. The zero-order valence-electron chi connectivity index (χ0n) is 34.3. The number of rotatable bonds is 6. The molecule has 0 N–H and O–H groups in total. The molecule has 0 radical (unpaired) electrons. The van der Waals surface area contributed by atoms with Crippen molar-refractivity contribution in [3.8, 4) is 0 Å². The Morgan fingerprint density at radius 1 is 0.295 bits per heavy atom. The van der Waals surface area contributed by atoms with Crippen molar-refractivity contribution in [1.29, 1.82) is 0 Å². The average Bonchev–Trinajstić information content (AvgIpc) is 3.95. The second-order valence-electron chi connectivity index (χ2n) is 16.5. The Morgan fingerprint density at radius 2 is 0.787 bits per heavy atom. The van der Waals surface area contributed by atoms with E-state index in [-0.39, 0.29) is 0 Å². The number of hydrogen-bond acceptors (Lipinski definition) is 5. The summed E-state index contributed by atoms with van der Waals surface area (Å²) in [6.07, 6.45) is 0. The van der Waals surface area contributed by atoms with Crippen LogP contribution in [0, 0.1) is 27.7 Å². The largest absolute Gasteiger partial charge is 0.456 e. The Hall–Kier alpha value is -7.76. The third-order valence-electron chi connectivity index (χ3n) is 12.1. The van der Waals surface area contributed by atoms with Gasteiger partial charge in [-0.3, -0.25) is 0 Å². The summed E-state index contributed by atoms with van der Waals surface area (Å²) in [5.74, 6) is 0. The summed E-state index contributed by atoms with van der Waals surface area (Å²) >= 11 is 0. The first kappa shape index (κ1) is 35.2. The zero-order chi connectivity index (χ0) is 40.9. The van der Waals surface area contributed by atoms with Crippen molar-refractivity contribution < 1.29 is 13.3 Å². The molecule has 3 heterocycles. The van der Waals surface area contributed by atoms with Crippen molar-refractivity contribution in [3.63, 3.8) is 0 Å². The summed E-state index contributed by atoms with van der Waals surface area (Å²) in [7, 11) is 0. The van der Waals surface area contributed by atoms with Gasteiger partial charge in [0.25, 0.3) is 0 Å². The normalized spacial score (nSPS) is 11.9. The lowest BCUT2D eigenvalue weighted by Gasteiger charge is -2.27. The Morgan fingerprint density at radius 3 is 1.38 bits per heavy atom. The summed E-state index contributed by atoms with van der Waals surface area (Å²) < 4.78 is 20.4. The number of nitrogens with zero attached hydrogens (tertiary/aromatic N) is 2. The summed E-state index contributed by atoms with van der Waals surface area (Å²) in [4.78, 5) is 4.65. The molecule has 0 fully saturated rings. The molecule has 12 aromatic rings. The molecule has 0 spiro atoms. The van der Waals surface area contributed by atoms with E-state index in [1.165, 1.54) is 22.3 Å². The molecule has 3 aromatic heterocycles. The third-order valence-corrected chi connectivity index (χ3v) is 12.1. The minimum absolute atomic E-state index is 0.804. The van der Waals surface area contributed by atoms with Crippen LogP contribution < -0.4 is 9.80 Å². The van der Waals surface area contributed by atoms with Crippen LogP contribution in [0.5, 0.6) is 0 Å². The van der Waals surface area contributed by atoms with Crippen LogP contribution in [-0.4, -0.2) is 0 Å². The molecule has 292 valence electrons. The fourth-order valence-corrected chi connectivity index (χ4v) is 9.75. The molecule has 5 heteroatoms. The maximum atomic E-state index is 7.05. The predicted molar refractivity (Wildman–Crippen MR) is 254 cm³/mol. The predicted octanol–water partition coefficient (Wildman–Crippen LogP) is 16.7. The summed E-state index contributed by atoms with van der Waals surface area (Å²) in [6.45, 7) is 8.62. The van der Waals surface area contributed by atoms with E-state index in [4.69, 9.17) is 13.3 Å². The molecule has 0 bridgehead atoms. The molecule has 0 unspecified atom stereocenters. The van der Waals surface area contributed by atoms with Crippen molar-refractivity contribution in [1.82, 2.24) is 0 Å². The van der Waals surface area contributed by atoms with Crippen LogP contribution in [0.1, 0.15) is 22.3 Å². The van der Waals surface area contributed by atoms with Crippen molar-refractivity contribution in [2.75, 3.05) is 9.80 Å². The van der Waals surface area contributed by atoms with Crippen molar-refractivity contribution in [2.24, 2.45) is 0 Å². The van der Waals surface area contributed by atoms with Gasteiger partial charge in [-0.2, -0.15) is 0 Å². The number of aryl methyl sites for hydroxylation is 4. The monoisotopic (exact) mass is 788 g/mol. The van der Waals surface area contributed by atoms with Crippen molar-refractivity contribution in [3.05, 3.63) is 192 Å². The maximum Gasteiger partial charge on any atom is 0.159 e. The Labute approximate surface area is 352 Å². The van der Waals surface area contributed by atoms with Gasteiger partial charge in [0.05, 0.1) is 22.7 Å². The van der Waals surface area contributed by atoms with Gasteiger partial charge in [0.1, 0.15) is 22.3 Å². The molecule has 0 saturated heterocycles. The molecule has 9 aromatic carbocycles. The standard InChI is InChI=1S/C56H40N2O3/c1-33-25-34(2)28-38(27-33)57(47-19-11-17-44-41-14-7-9-21-50(41)60-55(44)47)37-23-24-46-52(31-37)59-53-32-49(40-13-5-6-16-43(40)54(46)53)58(39-29-35(3)26-36(4)30-39)48-20-12-18-45-42-15-8-10-22-51(42)61-56(45)48/h5-32H,1-4H3. The van der Waals surface area contributed by atoms with Gasteiger partial charge in [0.15, 0.2) is 11.2 Å². The Balaban J connectivity index is 1.11. The van der Waals surface area contributed by atoms with Gasteiger partial charge >= 0.3 is 0 Å². The molecule has 0 aliphatic rings. The molecule has 5 nitrogen and oxygen atoms in total. The van der Waals surface area contributed by atoms with E-state index in [2.05, 4.69) is 183 Å². The number of anilines is 6. The van der Waals surface area contributed by atoms with Crippen LogP contribution in [0.15, 0.2) is 183 Å². The van der Waals surface area contributed by atoms with Gasteiger partial charge in [-0.05, 0) is 116 Å². The highest BCUT2D eigenvalue weighted by Gasteiger charge is 2.25. The van der Waals surface area contributed by atoms with E-state index < -0.39 is 0 Å². The van der Waals surface area contributed by atoms with Gasteiger partial charge in [-0.1, -0.05) is 97.1 Å². The van der Waals surface area contributed by atoms with E-state index in [1.807, 2.05) is 24.3 Å². The molecular formula is C56H40N2O3. The smallest absolute Gasteiger partial charge is 0.159 e. The van der Waals surface area contributed by atoms with Crippen LogP contribution in [0.4, 0.5) is 34.1 Å². The quantitative estimate of drug-likeness (QED) is 0.168. The summed E-state index contributed by atoms with van der Waals surface area (Å²) in [5, 5.41) is 8.73. The lowest BCUT2D eigenvalue weighted by Crippen LogP contribution is -2.11. The van der Waals surface area contributed by atoms with Crippen LogP contribution in [-0.2, 0) is 0 Å². The lowest BCUT2D eigenvalue weighted by atomic mass is 9.99. The molecular weight excluding hydrogens is 749 g/mol. The van der Waals surface area contributed by atoms with Crippen molar-refractivity contribution in [2.45, 2.75) is 27.7 Å². The van der Waals surface area contributed by atoms with E-state index in [0.717, 1.165) is 111 Å². The fraction of sp³-hybridized carbons (Fsp3) is 0.0714. The molecule has 0 atom stereocenters. The first-order valence-electron chi connectivity index (χ1n) is 20.8. The second-order valence-corrected chi connectivity index (χ2v) is 16.5. The van der Waals surface area contributed by atoms with Crippen molar-refractivity contribution >= 4 is 111 Å². The molecule has 12 rings (SSSR count). The molecule has 61 heavy (non-hydrogen) atoms. The van der Waals surface area contributed by atoms with Gasteiger partial charge in [-0.15, -0.1) is 0 Å². The molecule has 0 saturated carbocycles. The first-order valence-corrected chi connectivity index (χ1v) is 20.8. The van der Waals surface area contributed by atoms with Gasteiger partial charge in [0.2, 0.25) is 0 Å². The number of furan rings is 3. The SMILES string of the molecule is Cc1cc(C)cc(N(c2ccc3c(c2)oc2cc(N(c4cc(C)cc(C)c4)c4cccc5c4oc4ccccc45)c4ccccc4c23)c2cccc3c2oc2ccccc23)c1.